The molecule has 1 amide bonds. The zero-order chi connectivity index (χ0) is 22.3. The fourth-order valence-corrected chi connectivity index (χ4v) is 3.82. The van der Waals surface area contributed by atoms with Gasteiger partial charge in [0.05, 0.1) is 44.3 Å². The van der Waals surface area contributed by atoms with E-state index in [1.807, 2.05) is 54.1 Å². The summed E-state index contributed by atoms with van der Waals surface area (Å²) in [5, 5.41) is 7.86. The number of hydrogen-bond donors (Lipinski definition) is 1. The standard InChI is InChI=1S/C24H29N5O3/c1-18(28-11-13-32-14-12-28)24(30)26-9-10-29-23(19-5-3-7-21(15-19)31-2)16-22(27-29)20-6-4-8-25-17-20/h3-8,15-18H,9-14H2,1-2H3,(H,26,30). The summed E-state index contributed by atoms with van der Waals surface area (Å²) in [6, 6.07) is 13.6. The lowest BCUT2D eigenvalue weighted by Crippen LogP contribution is -2.50. The first-order valence-electron chi connectivity index (χ1n) is 10.9. The molecule has 3 heterocycles. The van der Waals surface area contributed by atoms with E-state index < -0.39 is 0 Å². The first-order valence-corrected chi connectivity index (χ1v) is 10.9. The summed E-state index contributed by atoms with van der Waals surface area (Å²) in [5.74, 6) is 0.806. The van der Waals surface area contributed by atoms with Gasteiger partial charge >= 0.3 is 0 Å². The molecule has 8 heteroatoms. The van der Waals surface area contributed by atoms with Crippen molar-refractivity contribution in [3.05, 3.63) is 54.9 Å². The van der Waals surface area contributed by atoms with E-state index in [-0.39, 0.29) is 11.9 Å². The molecule has 1 fully saturated rings. The summed E-state index contributed by atoms with van der Waals surface area (Å²) >= 11 is 0. The van der Waals surface area contributed by atoms with Crippen molar-refractivity contribution >= 4 is 5.91 Å². The predicted molar refractivity (Wildman–Crippen MR) is 122 cm³/mol. The number of amides is 1. The van der Waals surface area contributed by atoms with Gasteiger partial charge in [-0.15, -0.1) is 0 Å². The number of benzene rings is 1. The molecule has 1 aliphatic rings. The number of pyridine rings is 1. The first kappa shape index (κ1) is 22.0. The molecule has 4 rings (SSSR count). The van der Waals surface area contributed by atoms with Crippen molar-refractivity contribution in [2.45, 2.75) is 19.5 Å². The van der Waals surface area contributed by atoms with Crippen LogP contribution in [0.15, 0.2) is 54.9 Å². The molecule has 0 spiro atoms. The van der Waals surface area contributed by atoms with Crippen molar-refractivity contribution in [1.82, 2.24) is 25.0 Å². The lowest BCUT2D eigenvalue weighted by Gasteiger charge is -2.31. The number of carbonyl (C=O) groups excluding carboxylic acids is 1. The molecule has 0 aliphatic carbocycles. The highest BCUT2D eigenvalue weighted by Crippen LogP contribution is 2.28. The van der Waals surface area contributed by atoms with Gasteiger partial charge in [-0.1, -0.05) is 12.1 Å². The van der Waals surface area contributed by atoms with E-state index in [4.69, 9.17) is 14.6 Å². The largest absolute Gasteiger partial charge is 0.497 e. The third-order valence-corrected chi connectivity index (χ3v) is 5.70. The second kappa shape index (κ2) is 10.4. The van der Waals surface area contributed by atoms with Crippen LogP contribution in [-0.4, -0.2) is 71.6 Å². The van der Waals surface area contributed by atoms with Crippen LogP contribution in [0.1, 0.15) is 6.92 Å². The van der Waals surface area contributed by atoms with Crippen LogP contribution in [-0.2, 0) is 16.1 Å². The Hall–Kier alpha value is -3.23. The monoisotopic (exact) mass is 435 g/mol. The first-order chi connectivity index (χ1) is 15.7. The zero-order valence-electron chi connectivity index (χ0n) is 18.5. The molecule has 1 N–H and O–H groups in total. The van der Waals surface area contributed by atoms with Gasteiger partial charge in [0.2, 0.25) is 5.91 Å². The van der Waals surface area contributed by atoms with E-state index in [1.54, 1.807) is 19.5 Å². The van der Waals surface area contributed by atoms with E-state index in [0.717, 1.165) is 41.4 Å². The maximum Gasteiger partial charge on any atom is 0.237 e. The second-order valence-electron chi connectivity index (χ2n) is 7.73. The number of morpholine rings is 1. The van der Waals surface area contributed by atoms with E-state index in [0.29, 0.717) is 26.3 Å². The Balaban J connectivity index is 1.50. The molecule has 1 aromatic carbocycles. The molecule has 8 nitrogen and oxygen atoms in total. The maximum atomic E-state index is 12.6. The molecule has 1 atom stereocenters. The van der Waals surface area contributed by atoms with Gasteiger partial charge in [-0.05, 0) is 37.3 Å². The van der Waals surface area contributed by atoms with Gasteiger partial charge in [0.25, 0.3) is 0 Å². The van der Waals surface area contributed by atoms with Crippen molar-refractivity contribution in [2.24, 2.45) is 0 Å². The van der Waals surface area contributed by atoms with Gasteiger partial charge in [0.15, 0.2) is 0 Å². The Labute approximate surface area is 188 Å². The van der Waals surface area contributed by atoms with Crippen molar-refractivity contribution < 1.29 is 14.3 Å². The Morgan fingerprint density at radius 1 is 1.19 bits per heavy atom. The number of rotatable bonds is 8. The number of aromatic nitrogens is 3. The normalized spacial score (nSPS) is 15.3. The van der Waals surface area contributed by atoms with Gasteiger partial charge < -0.3 is 14.8 Å². The maximum absolute atomic E-state index is 12.6. The van der Waals surface area contributed by atoms with Gasteiger partial charge in [0.1, 0.15) is 5.75 Å². The van der Waals surface area contributed by atoms with Crippen molar-refractivity contribution in [3.63, 3.8) is 0 Å². The average Bonchev–Trinajstić information content (AvgIpc) is 3.29. The molecule has 3 aromatic rings. The fraction of sp³-hybridized carbons (Fsp3) is 0.375. The van der Waals surface area contributed by atoms with Crippen LogP contribution >= 0.6 is 0 Å². The summed E-state index contributed by atoms with van der Waals surface area (Å²) in [5.41, 5.74) is 3.74. The predicted octanol–water partition coefficient (Wildman–Crippen LogP) is 2.46. The Kier molecular flexibility index (Phi) is 7.14. The molecule has 32 heavy (non-hydrogen) atoms. The fourth-order valence-electron chi connectivity index (χ4n) is 3.82. The van der Waals surface area contributed by atoms with Crippen molar-refractivity contribution in [3.8, 4) is 28.3 Å². The third-order valence-electron chi connectivity index (χ3n) is 5.70. The topological polar surface area (TPSA) is 81.5 Å². The summed E-state index contributed by atoms with van der Waals surface area (Å²) in [6.45, 7) is 5.88. The highest BCUT2D eigenvalue weighted by atomic mass is 16.5. The second-order valence-corrected chi connectivity index (χ2v) is 7.73. The van der Waals surface area contributed by atoms with Crippen LogP contribution in [0.5, 0.6) is 5.75 Å². The minimum Gasteiger partial charge on any atom is -0.497 e. The number of hydrogen-bond acceptors (Lipinski definition) is 6. The van der Waals surface area contributed by atoms with Gasteiger partial charge in [0, 0.05) is 43.2 Å². The Bertz CT molecular complexity index is 1030. The molecule has 168 valence electrons. The van der Waals surface area contributed by atoms with Crippen LogP contribution in [0.3, 0.4) is 0 Å². The highest BCUT2D eigenvalue weighted by molar-refractivity contribution is 5.81. The number of carbonyl (C=O) groups is 1. The van der Waals surface area contributed by atoms with Crippen LogP contribution in [0.2, 0.25) is 0 Å². The highest BCUT2D eigenvalue weighted by Gasteiger charge is 2.23. The van der Waals surface area contributed by atoms with Gasteiger partial charge in [-0.25, -0.2) is 0 Å². The lowest BCUT2D eigenvalue weighted by molar-refractivity contribution is -0.127. The summed E-state index contributed by atoms with van der Waals surface area (Å²) in [7, 11) is 1.66. The van der Waals surface area contributed by atoms with Crippen LogP contribution < -0.4 is 10.1 Å². The molecular weight excluding hydrogens is 406 g/mol. The summed E-state index contributed by atoms with van der Waals surface area (Å²) in [6.07, 6.45) is 3.54. The number of nitrogens with zero attached hydrogens (tertiary/aromatic N) is 4. The Morgan fingerprint density at radius 2 is 2.00 bits per heavy atom. The minimum absolute atomic E-state index is 0.0227. The summed E-state index contributed by atoms with van der Waals surface area (Å²) < 4.78 is 12.7. The molecule has 0 radical (unpaired) electrons. The van der Waals surface area contributed by atoms with E-state index in [1.165, 1.54) is 0 Å². The summed E-state index contributed by atoms with van der Waals surface area (Å²) in [4.78, 5) is 19.0. The molecule has 1 saturated heterocycles. The van der Waals surface area contributed by atoms with Crippen LogP contribution in [0.25, 0.3) is 22.5 Å². The van der Waals surface area contributed by atoms with Gasteiger partial charge in [-0.3, -0.25) is 19.4 Å². The molecule has 2 aromatic heterocycles. The Morgan fingerprint density at radius 3 is 2.75 bits per heavy atom. The lowest BCUT2D eigenvalue weighted by atomic mass is 10.1. The molecule has 1 unspecified atom stereocenters. The van der Waals surface area contributed by atoms with Crippen molar-refractivity contribution in [2.75, 3.05) is 40.0 Å². The van der Waals surface area contributed by atoms with Crippen LogP contribution in [0, 0.1) is 0 Å². The third kappa shape index (κ3) is 5.15. The van der Waals surface area contributed by atoms with E-state index in [9.17, 15) is 4.79 Å². The molecular formula is C24H29N5O3. The van der Waals surface area contributed by atoms with Gasteiger partial charge in [-0.2, -0.15) is 5.10 Å². The molecule has 0 bridgehead atoms. The number of ether oxygens (including phenoxy) is 2. The number of methoxy groups -OCH3 is 1. The number of nitrogens with one attached hydrogen (secondary N) is 1. The average molecular weight is 436 g/mol. The van der Waals surface area contributed by atoms with E-state index >= 15 is 0 Å². The SMILES string of the molecule is COc1cccc(-c2cc(-c3cccnc3)nn2CCNC(=O)C(C)N2CCOCC2)c1. The quantitative estimate of drug-likeness (QED) is 0.585. The minimum atomic E-state index is -0.180. The smallest absolute Gasteiger partial charge is 0.237 e. The van der Waals surface area contributed by atoms with E-state index in [2.05, 4.69) is 15.2 Å². The molecule has 0 saturated carbocycles. The molecule has 1 aliphatic heterocycles. The van der Waals surface area contributed by atoms with Crippen molar-refractivity contribution in [1.29, 1.82) is 0 Å². The zero-order valence-corrected chi connectivity index (χ0v) is 18.5. The van der Waals surface area contributed by atoms with Crippen LogP contribution in [0.4, 0.5) is 0 Å².